The average molecular weight is 518 g/mol. The van der Waals surface area contributed by atoms with Crippen LogP contribution in [0.15, 0.2) is 42.0 Å². The molecular formula is C23H21F7N4O2. The second-order valence-electron chi connectivity index (χ2n) is 8.76. The van der Waals surface area contributed by atoms with Crippen molar-refractivity contribution in [1.82, 2.24) is 19.7 Å². The lowest BCUT2D eigenvalue weighted by molar-refractivity contribution is -0.206. The molecule has 0 saturated carbocycles. The number of carbonyl (C=O) groups excluding carboxylic acids is 1. The first-order valence-corrected chi connectivity index (χ1v) is 10.9. The number of hydrogen-bond donors (Lipinski definition) is 1. The average Bonchev–Trinajstić information content (AvgIpc) is 3.23. The lowest BCUT2D eigenvalue weighted by atomic mass is 9.86. The smallest absolute Gasteiger partial charge is 0.379 e. The Balaban J connectivity index is 1.72. The molecule has 0 spiro atoms. The van der Waals surface area contributed by atoms with Gasteiger partial charge in [-0.25, -0.2) is 14.1 Å². The summed E-state index contributed by atoms with van der Waals surface area (Å²) in [6.07, 6.45) is -10.0. The van der Waals surface area contributed by atoms with Gasteiger partial charge >= 0.3 is 12.4 Å². The zero-order chi connectivity index (χ0) is 26.6. The molecule has 4 unspecified atom stereocenters. The number of rotatable bonds is 3. The van der Waals surface area contributed by atoms with Gasteiger partial charge in [-0.2, -0.15) is 26.3 Å². The van der Waals surface area contributed by atoms with Crippen LogP contribution in [-0.4, -0.2) is 49.6 Å². The van der Waals surface area contributed by atoms with Gasteiger partial charge in [0.15, 0.2) is 6.10 Å². The van der Waals surface area contributed by atoms with E-state index in [0.29, 0.717) is 5.57 Å². The zero-order valence-electron chi connectivity index (χ0n) is 19.0. The van der Waals surface area contributed by atoms with E-state index in [1.165, 1.54) is 25.1 Å². The van der Waals surface area contributed by atoms with Crippen LogP contribution >= 0.6 is 0 Å². The summed E-state index contributed by atoms with van der Waals surface area (Å²) in [5.41, 5.74) is -0.263. The van der Waals surface area contributed by atoms with Crippen LogP contribution in [0.4, 0.5) is 30.7 Å². The molecule has 194 valence electrons. The summed E-state index contributed by atoms with van der Waals surface area (Å²) in [7, 11) is 0. The largest absolute Gasteiger partial charge is 0.453 e. The van der Waals surface area contributed by atoms with Crippen molar-refractivity contribution in [2.24, 2.45) is 0 Å². The predicted molar refractivity (Wildman–Crippen MR) is 112 cm³/mol. The molecule has 1 N–H and O–H groups in total. The number of hydrogen-bond acceptors (Lipinski definition) is 4. The van der Waals surface area contributed by atoms with E-state index in [1.54, 1.807) is 13.0 Å². The standard InChI is InChI=1S/C23H21F7N4O2/c1-11-3-4-16(17(24)7-11)13-8-14(18(35)22(25,26)27)10-15(9-13)20(36)33-5-6-34-19(12(33)2)31-21(32-34)23(28,29)30/h3-4,7-10,12,16-18,35H,5-6H2,1-2H3. The van der Waals surface area contributed by atoms with Gasteiger partial charge in [0.1, 0.15) is 12.0 Å². The van der Waals surface area contributed by atoms with E-state index in [-0.39, 0.29) is 30.0 Å². The van der Waals surface area contributed by atoms with E-state index >= 15 is 0 Å². The Labute approximate surface area is 200 Å². The fraction of sp³-hybridized carbons (Fsp3) is 0.435. The van der Waals surface area contributed by atoms with Gasteiger partial charge in [-0.1, -0.05) is 23.8 Å². The molecule has 1 aliphatic heterocycles. The Bertz CT molecular complexity index is 1230. The molecule has 0 saturated heterocycles. The summed E-state index contributed by atoms with van der Waals surface area (Å²) >= 11 is 0. The number of allylic oxidation sites excluding steroid dienone is 4. The third kappa shape index (κ3) is 4.88. The number of fused-ring (bicyclic) bond motifs is 1. The molecule has 1 aliphatic carbocycles. The van der Waals surface area contributed by atoms with Crippen molar-refractivity contribution in [3.63, 3.8) is 0 Å². The van der Waals surface area contributed by atoms with E-state index in [2.05, 4.69) is 10.1 Å². The quantitative estimate of drug-likeness (QED) is 0.578. The van der Waals surface area contributed by atoms with Crippen LogP contribution in [0.2, 0.25) is 0 Å². The fourth-order valence-corrected chi connectivity index (χ4v) is 4.33. The van der Waals surface area contributed by atoms with Gasteiger partial charge in [-0.05, 0) is 43.2 Å². The van der Waals surface area contributed by atoms with E-state index in [9.17, 15) is 40.6 Å². The molecular weight excluding hydrogens is 497 g/mol. The van der Waals surface area contributed by atoms with Gasteiger partial charge in [0.05, 0.1) is 12.6 Å². The molecule has 1 aromatic carbocycles. The first kappa shape index (κ1) is 25.9. The molecule has 0 fully saturated rings. The van der Waals surface area contributed by atoms with Gasteiger partial charge in [0.25, 0.3) is 11.7 Å². The minimum Gasteiger partial charge on any atom is -0.379 e. The van der Waals surface area contributed by atoms with Crippen LogP contribution in [-0.2, 0) is 12.7 Å². The van der Waals surface area contributed by atoms with Crippen LogP contribution < -0.4 is 0 Å². The maximum absolute atomic E-state index is 14.7. The lowest BCUT2D eigenvalue weighted by Gasteiger charge is -2.33. The topological polar surface area (TPSA) is 71.2 Å². The van der Waals surface area contributed by atoms with Crippen LogP contribution in [0.25, 0.3) is 0 Å². The summed E-state index contributed by atoms with van der Waals surface area (Å²) in [6.45, 7) is 2.86. The molecule has 2 aromatic rings. The number of carbonyl (C=O) groups is 1. The normalized spacial score (nSPS) is 23.3. The molecule has 2 heterocycles. The second kappa shape index (κ2) is 9.02. The number of halogens is 7. The SMILES string of the molecule is CC1=CC(F)C(c2cc(C(=O)N3CCn4nc(C(F)(F)F)nc4C3C)cc(C(O)C(F)(F)F)c2)C=C1. The number of aromatic nitrogens is 3. The second-order valence-corrected chi connectivity index (χ2v) is 8.76. The van der Waals surface area contributed by atoms with Gasteiger partial charge in [-0.15, -0.1) is 5.10 Å². The summed E-state index contributed by atoms with van der Waals surface area (Å²) in [5, 5.41) is 13.3. The predicted octanol–water partition coefficient (Wildman–Crippen LogP) is 5.05. The molecule has 4 atom stereocenters. The zero-order valence-corrected chi connectivity index (χ0v) is 19.0. The number of benzene rings is 1. The van der Waals surface area contributed by atoms with E-state index < -0.39 is 53.9 Å². The molecule has 4 rings (SSSR count). The summed E-state index contributed by atoms with van der Waals surface area (Å²) < 4.78 is 94.8. The Morgan fingerprint density at radius 3 is 2.44 bits per heavy atom. The summed E-state index contributed by atoms with van der Waals surface area (Å²) in [5.74, 6) is -3.30. The molecule has 0 radical (unpaired) electrons. The van der Waals surface area contributed by atoms with E-state index in [0.717, 1.165) is 21.7 Å². The van der Waals surface area contributed by atoms with Crippen molar-refractivity contribution in [2.75, 3.05) is 6.54 Å². The number of alkyl halides is 7. The van der Waals surface area contributed by atoms with Gasteiger partial charge in [0, 0.05) is 18.0 Å². The molecule has 0 bridgehead atoms. The lowest BCUT2D eigenvalue weighted by Crippen LogP contribution is -2.41. The van der Waals surface area contributed by atoms with Gasteiger partial charge in [-0.3, -0.25) is 4.79 Å². The minimum absolute atomic E-state index is 0.0406. The van der Waals surface area contributed by atoms with Crippen molar-refractivity contribution < 1.29 is 40.6 Å². The van der Waals surface area contributed by atoms with Crippen molar-refractivity contribution in [2.45, 2.75) is 57.0 Å². The highest BCUT2D eigenvalue weighted by Gasteiger charge is 2.42. The van der Waals surface area contributed by atoms with Crippen LogP contribution in [0.1, 0.15) is 65.0 Å². The van der Waals surface area contributed by atoms with E-state index in [1.807, 2.05) is 0 Å². The van der Waals surface area contributed by atoms with Gasteiger partial charge < -0.3 is 10.0 Å². The van der Waals surface area contributed by atoms with Crippen molar-refractivity contribution in [1.29, 1.82) is 0 Å². The highest BCUT2D eigenvalue weighted by molar-refractivity contribution is 5.95. The van der Waals surface area contributed by atoms with Gasteiger partial charge in [0.2, 0.25) is 0 Å². The molecule has 6 nitrogen and oxygen atoms in total. The van der Waals surface area contributed by atoms with Crippen molar-refractivity contribution >= 4 is 5.91 Å². The van der Waals surface area contributed by atoms with Crippen LogP contribution in [0, 0.1) is 0 Å². The minimum atomic E-state index is -5.05. The van der Waals surface area contributed by atoms with E-state index in [4.69, 9.17) is 0 Å². The Kier molecular flexibility index (Phi) is 6.48. The number of nitrogens with zero attached hydrogens (tertiary/aromatic N) is 4. The summed E-state index contributed by atoms with van der Waals surface area (Å²) in [6, 6.07) is 2.11. The fourth-order valence-electron chi connectivity index (χ4n) is 4.33. The number of amides is 1. The van der Waals surface area contributed by atoms with Crippen LogP contribution in [0.5, 0.6) is 0 Å². The Morgan fingerprint density at radius 2 is 1.83 bits per heavy atom. The molecule has 1 aromatic heterocycles. The Morgan fingerprint density at radius 1 is 1.14 bits per heavy atom. The Hall–Kier alpha value is -3.22. The third-order valence-electron chi connectivity index (χ3n) is 6.18. The molecule has 36 heavy (non-hydrogen) atoms. The highest BCUT2D eigenvalue weighted by atomic mass is 19.4. The monoisotopic (exact) mass is 518 g/mol. The first-order valence-electron chi connectivity index (χ1n) is 10.9. The number of aliphatic hydroxyl groups excluding tert-OH is 1. The molecule has 1 amide bonds. The highest BCUT2D eigenvalue weighted by Crippen LogP contribution is 2.38. The molecule has 13 heteroatoms. The summed E-state index contributed by atoms with van der Waals surface area (Å²) in [4.78, 5) is 18.0. The van der Waals surface area contributed by atoms with Crippen molar-refractivity contribution in [3.8, 4) is 0 Å². The third-order valence-corrected chi connectivity index (χ3v) is 6.18. The number of aliphatic hydroxyl groups is 1. The molecule has 2 aliphatic rings. The van der Waals surface area contributed by atoms with Crippen molar-refractivity contribution in [3.05, 3.63) is 70.3 Å². The van der Waals surface area contributed by atoms with Crippen LogP contribution in [0.3, 0.4) is 0 Å². The maximum atomic E-state index is 14.7. The first-order chi connectivity index (χ1) is 16.7. The maximum Gasteiger partial charge on any atom is 0.453 e.